The molecule has 3 rings (SSSR count). The first-order valence-electron chi connectivity index (χ1n) is 9.75. The van der Waals surface area contributed by atoms with Crippen LogP contribution in [0.25, 0.3) is 0 Å². The second-order valence-corrected chi connectivity index (χ2v) is 7.41. The van der Waals surface area contributed by atoms with Gasteiger partial charge in [-0.3, -0.25) is 14.7 Å². The van der Waals surface area contributed by atoms with E-state index in [4.69, 9.17) is 4.74 Å². The van der Waals surface area contributed by atoms with Crippen LogP contribution < -0.4 is 20.5 Å². The molecule has 0 aromatic heterocycles. The molecule has 30 heavy (non-hydrogen) atoms. The lowest BCUT2D eigenvalue weighted by Gasteiger charge is -2.25. The highest BCUT2D eigenvalue weighted by Gasteiger charge is 2.33. The molecule has 0 radical (unpaired) electrons. The number of rotatable bonds is 4. The quantitative estimate of drug-likeness (QED) is 0.738. The van der Waals surface area contributed by atoms with Crippen LogP contribution in [0.15, 0.2) is 18.2 Å². The van der Waals surface area contributed by atoms with E-state index in [1.807, 2.05) is 4.90 Å². The normalized spacial score (nSPS) is 19.4. The second-order valence-electron chi connectivity index (χ2n) is 7.41. The van der Waals surface area contributed by atoms with E-state index in [9.17, 15) is 18.8 Å². The number of nitrogens with zero attached hydrogens (tertiary/aromatic N) is 4. The summed E-state index contributed by atoms with van der Waals surface area (Å²) in [5.74, 6) is -0.671. The average Bonchev–Trinajstić information content (AvgIpc) is 2.91. The molecule has 4 amide bonds. The smallest absolute Gasteiger partial charge is 0.414 e. The molecule has 1 aromatic carbocycles. The Morgan fingerprint density at radius 2 is 2.07 bits per heavy atom. The molecule has 0 bridgehead atoms. The molecule has 164 valence electrons. The van der Waals surface area contributed by atoms with Gasteiger partial charge in [-0.1, -0.05) is 0 Å². The SMILES string of the molecule is CC(=O)NC[C@H]1CN(c2ccc(N3CCNN(C(=O)N(C)C)CC3)c(F)c2)C(=O)O1. The van der Waals surface area contributed by atoms with Crippen molar-refractivity contribution in [2.45, 2.75) is 13.0 Å². The molecule has 2 fully saturated rings. The van der Waals surface area contributed by atoms with E-state index in [-0.39, 0.29) is 25.0 Å². The number of cyclic esters (lactones) is 1. The average molecular weight is 422 g/mol. The number of nitrogens with one attached hydrogen (secondary N) is 2. The Morgan fingerprint density at radius 3 is 2.73 bits per heavy atom. The van der Waals surface area contributed by atoms with E-state index >= 15 is 0 Å². The molecule has 2 N–H and O–H groups in total. The van der Waals surface area contributed by atoms with E-state index in [0.717, 1.165) is 0 Å². The largest absolute Gasteiger partial charge is 0.442 e. The van der Waals surface area contributed by atoms with Crippen LogP contribution in [0.2, 0.25) is 0 Å². The molecule has 1 aromatic rings. The first kappa shape index (κ1) is 21.6. The summed E-state index contributed by atoms with van der Waals surface area (Å²) in [7, 11) is 3.35. The van der Waals surface area contributed by atoms with Gasteiger partial charge in [-0.25, -0.2) is 19.4 Å². The summed E-state index contributed by atoms with van der Waals surface area (Å²) in [4.78, 5) is 40.0. The van der Waals surface area contributed by atoms with Crippen molar-refractivity contribution in [1.82, 2.24) is 20.7 Å². The second kappa shape index (κ2) is 9.16. The third-order valence-electron chi connectivity index (χ3n) is 4.93. The van der Waals surface area contributed by atoms with Crippen LogP contribution in [0.1, 0.15) is 6.92 Å². The fourth-order valence-electron chi connectivity index (χ4n) is 3.39. The first-order chi connectivity index (χ1) is 14.3. The number of benzene rings is 1. The molecular weight excluding hydrogens is 395 g/mol. The van der Waals surface area contributed by atoms with Gasteiger partial charge >= 0.3 is 12.1 Å². The summed E-state index contributed by atoms with van der Waals surface area (Å²) in [6.07, 6.45) is -1.06. The molecule has 10 nitrogen and oxygen atoms in total. The van der Waals surface area contributed by atoms with Gasteiger partial charge in [0.2, 0.25) is 5.91 Å². The van der Waals surface area contributed by atoms with Gasteiger partial charge in [-0.05, 0) is 18.2 Å². The van der Waals surface area contributed by atoms with E-state index in [2.05, 4.69) is 10.7 Å². The van der Waals surface area contributed by atoms with Crippen LogP contribution in [0.4, 0.5) is 25.4 Å². The summed E-state index contributed by atoms with van der Waals surface area (Å²) in [6.45, 7) is 3.71. The van der Waals surface area contributed by atoms with Crippen molar-refractivity contribution in [1.29, 1.82) is 0 Å². The topological polar surface area (TPSA) is 97.5 Å². The highest BCUT2D eigenvalue weighted by Crippen LogP contribution is 2.28. The lowest BCUT2D eigenvalue weighted by atomic mass is 10.2. The van der Waals surface area contributed by atoms with Crippen molar-refractivity contribution in [3.63, 3.8) is 0 Å². The molecule has 2 saturated heterocycles. The number of carbonyl (C=O) groups is 3. The van der Waals surface area contributed by atoms with Crippen LogP contribution in [-0.4, -0.2) is 87.4 Å². The van der Waals surface area contributed by atoms with Crippen LogP contribution >= 0.6 is 0 Å². The Bertz CT molecular complexity index is 820. The monoisotopic (exact) mass is 422 g/mol. The summed E-state index contributed by atoms with van der Waals surface area (Å²) in [6, 6.07) is 4.44. The Labute approximate surface area is 174 Å². The first-order valence-corrected chi connectivity index (χ1v) is 9.75. The molecule has 0 spiro atoms. The zero-order valence-electron chi connectivity index (χ0n) is 17.4. The molecule has 2 aliphatic heterocycles. The lowest BCUT2D eigenvalue weighted by molar-refractivity contribution is -0.119. The van der Waals surface area contributed by atoms with Crippen molar-refractivity contribution in [2.24, 2.45) is 0 Å². The fourth-order valence-corrected chi connectivity index (χ4v) is 3.39. The van der Waals surface area contributed by atoms with Gasteiger partial charge in [0.05, 0.1) is 31.0 Å². The molecule has 0 saturated carbocycles. The van der Waals surface area contributed by atoms with E-state index < -0.39 is 18.0 Å². The Hall–Kier alpha value is -3.08. The maximum Gasteiger partial charge on any atom is 0.414 e. The predicted molar refractivity (Wildman–Crippen MR) is 109 cm³/mol. The van der Waals surface area contributed by atoms with Crippen molar-refractivity contribution in [3.8, 4) is 0 Å². The number of amides is 4. The molecule has 0 unspecified atom stereocenters. The number of urea groups is 1. The van der Waals surface area contributed by atoms with Crippen molar-refractivity contribution in [2.75, 3.05) is 63.2 Å². The summed E-state index contributed by atoms with van der Waals surface area (Å²) < 4.78 is 20.1. The van der Waals surface area contributed by atoms with E-state index in [1.54, 1.807) is 26.2 Å². The number of hydrogen-bond donors (Lipinski definition) is 2. The van der Waals surface area contributed by atoms with Gasteiger partial charge in [-0.15, -0.1) is 0 Å². The molecule has 2 heterocycles. The van der Waals surface area contributed by atoms with Gasteiger partial charge in [-0.2, -0.15) is 0 Å². The highest BCUT2D eigenvalue weighted by atomic mass is 19.1. The Kier molecular flexibility index (Phi) is 6.60. The van der Waals surface area contributed by atoms with Gasteiger partial charge in [0, 0.05) is 40.7 Å². The maximum absolute atomic E-state index is 14.9. The minimum Gasteiger partial charge on any atom is -0.442 e. The predicted octanol–water partition coefficient (Wildman–Crippen LogP) is 0.595. The van der Waals surface area contributed by atoms with Crippen molar-refractivity contribution < 1.29 is 23.5 Å². The van der Waals surface area contributed by atoms with Crippen LogP contribution in [-0.2, 0) is 9.53 Å². The van der Waals surface area contributed by atoms with Crippen molar-refractivity contribution in [3.05, 3.63) is 24.0 Å². The minimum absolute atomic E-state index is 0.158. The molecule has 11 heteroatoms. The number of anilines is 2. The number of carbonyl (C=O) groups excluding carboxylic acids is 3. The van der Waals surface area contributed by atoms with E-state index in [0.29, 0.717) is 37.6 Å². The highest BCUT2D eigenvalue weighted by molar-refractivity contribution is 5.90. The Morgan fingerprint density at radius 1 is 1.30 bits per heavy atom. The maximum atomic E-state index is 14.9. The van der Waals surface area contributed by atoms with Gasteiger partial charge < -0.3 is 19.9 Å². The van der Waals surface area contributed by atoms with E-state index in [1.165, 1.54) is 27.8 Å². The summed E-state index contributed by atoms with van der Waals surface area (Å²) in [5.41, 5.74) is 3.84. The van der Waals surface area contributed by atoms with Crippen LogP contribution in [0.5, 0.6) is 0 Å². The minimum atomic E-state index is -0.575. The standard InChI is InChI=1S/C19H27FN6O4/c1-13(27)21-11-15-12-25(19(29)30-15)14-4-5-17(16(20)10-14)24-7-6-22-26(9-8-24)18(28)23(2)3/h4-5,10,15,22H,6-9,11-12H2,1-3H3,(H,21,27)/t15-/m0/s1. The summed E-state index contributed by atoms with van der Waals surface area (Å²) >= 11 is 0. The molecule has 0 aliphatic carbocycles. The van der Waals surface area contributed by atoms with Gasteiger partial charge in [0.15, 0.2) is 0 Å². The number of hydrogen-bond acceptors (Lipinski definition) is 6. The fraction of sp³-hybridized carbons (Fsp3) is 0.526. The zero-order valence-corrected chi connectivity index (χ0v) is 17.4. The number of hydrazine groups is 1. The number of ether oxygens (including phenoxy) is 1. The van der Waals surface area contributed by atoms with Gasteiger partial charge in [0.1, 0.15) is 11.9 Å². The zero-order chi connectivity index (χ0) is 21.8. The van der Waals surface area contributed by atoms with Crippen LogP contribution in [0, 0.1) is 5.82 Å². The molecule has 2 aliphatic rings. The molecular formula is C19H27FN6O4. The molecule has 1 atom stereocenters. The lowest BCUT2D eigenvalue weighted by Crippen LogP contribution is -2.48. The third kappa shape index (κ3) is 4.90. The number of halogens is 1. The van der Waals surface area contributed by atoms with Gasteiger partial charge in [0.25, 0.3) is 0 Å². The van der Waals surface area contributed by atoms with Crippen LogP contribution in [0.3, 0.4) is 0 Å². The van der Waals surface area contributed by atoms with Crippen molar-refractivity contribution >= 4 is 29.4 Å². The summed E-state index contributed by atoms with van der Waals surface area (Å²) in [5, 5.41) is 4.12. The Balaban J connectivity index is 1.66. The third-order valence-corrected chi connectivity index (χ3v) is 4.93.